The summed E-state index contributed by atoms with van der Waals surface area (Å²) in [6.45, 7) is 53.2. The van der Waals surface area contributed by atoms with E-state index in [1.165, 1.54) is 33.2 Å². The van der Waals surface area contributed by atoms with Crippen LogP contribution >= 0.6 is 0 Å². The lowest BCUT2D eigenvalue weighted by atomic mass is 10.2. The second-order valence-electron chi connectivity index (χ2n) is 11.7. The Balaban J connectivity index is -0.000000164. The van der Waals surface area contributed by atoms with Crippen LogP contribution in [0.4, 0.5) is 0 Å². The first kappa shape index (κ1) is 67.8. The first-order chi connectivity index (χ1) is 30.8. The number of nitrogens with zero attached hydrogens (tertiary/aromatic N) is 21. The molecule has 0 unspecified atom stereocenters. The number of amides is 4. The minimum Gasteiger partial charge on any atom is -0.465 e. The number of likely N-dealkylation sites (N-methyl/N-ethyl adjacent to an activating group) is 3. The normalized spacial score (nSPS) is 8.05. The van der Waals surface area contributed by atoms with Crippen LogP contribution in [0.2, 0.25) is 0 Å². The fourth-order valence-corrected chi connectivity index (χ4v) is 2.60. The Morgan fingerprint density at radius 1 is 0.561 bits per heavy atom. The van der Waals surface area contributed by atoms with E-state index in [1.807, 2.05) is 0 Å². The predicted octanol–water partition coefficient (Wildman–Crippen LogP) is 0.610. The van der Waals surface area contributed by atoms with E-state index in [2.05, 4.69) is 72.7 Å². The van der Waals surface area contributed by atoms with Crippen molar-refractivity contribution in [3.8, 4) is 0 Å². The quantitative estimate of drug-likeness (QED) is 0.0767. The molecule has 0 aromatic carbocycles. The van der Waals surface area contributed by atoms with Crippen LogP contribution in [-0.4, -0.2) is 174 Å². The van der Waals surface area contributed by atoms with E-state index in [-0.39, 0.29) is 12.6 Å². The fraction of sp³-hybridized carbons (Fsp3) is 0.486. The molecule has 0 aromatic heterocycles. The molecule has 0 saturated carbocycles. The number of esters is 2. The first-order valence-electron chi connectivity index (χ1n) is 17.4. The minimum atomic E-state index is -0.917. The predicted molar refractivity (Wildman–Crippen MR) is 224 cm³/mol. The van der Waals surface area contributed by atoms with Gasteiger partial charge in [0.05, 0.1) is 13.7 Å². The smallest absolute Gasteiger partial charge is 0.465 e. The van der Waals surface area contributed by atoms with E-state index in [1.54, 1.807) is 55.4 Å². The number of ether oxygens (including phenoxy) is 2. The van der Waals surface area contributed by atoms with Crippen LogP contribution in [0.3, 0.4) is 0 Å². The van der Waals surface area contributed by atoms with Gasteiger partial charge in [-0.15, -0.1) is 29.1 Å². The van der Waals surface area contributed by atoms with Crippen LogP contribution < -0.4 is 5.32 Å². The summed E-state index contributed by atoms with van der Waals surface area (Å²) in [5.41, 5.74) is 48.1. The van der Waals surface area contributed by atoms with E-state index < -0.39 is 76.2 Å². The lowest BCUT2D eigenvalue weighted by molar-refractivity contribution is -0.164. The molecule has 0 aliphatic rings. The number of hydroxylamine groups is 2. The van der Waals surface area contributed by atoms with Gasteiger partial charge in [-0.05, 0) is 55.4 Å². The van der Waals surface area contributed by atoms with Gasteiger partial charge in [0.25, 0.3) is 0 Å². The Kier molecular flexibility index (Phi) is 41.5. The summed E-state index contributed by atoms with van der Waals surface area (Å²) in [5, 5.41) is 3.19. The van der Waals surface area contributed by atoms with Crippen molar-refractivity contribution in [2.45, 2.75) is 67.0 Å². The standard InChI is InChI=1S/C7H10N4O.C7H9N3O2.C6H8N4O.C5H6N4O2.C5H6N4O.C5H5N3O2/c1-4-11(5-2)7(12)6(9-3)10-8;1-7(2,3)12-6(11)5(9-4)10-8;1-4(2)9-6(11)5(8-3)10-7;1-7-4(8-6)5(10)9(2)11-3;1-7-4(8-6)5(10)9(2)3;1-3-10-5(9)4(7-2)8-6/h4-5H2,1-2H3;1-3H3;4H,1-2H3,(H,9,11);2-3H3;2-3H3;3H2,1H3. The lowest BCUT2D eigenvalue weighted by Crippen LogP contribution is -2.35. The maximum Gasteiger partial charge on any atom is 0.605 e. The molecule has 0 bridgehead atoms. The summed E-state index contributed by atoms with van der Waals surface area (Å²) in [5.74, 6) is -7.89. The molecule has 0 spiro atoms. The average molecular weight is 917 g/mol. The summed E-state index contributed by atoms with van der Waals surface area (Å²) in [6, 6.07) is -0.0685. The highest BCUT2D eigenvalue weighted by Gasteiger charge is 2.28. The molecule has 0 radical (unpaired) electrons. The van der Waals surface area contributed by atoms with Crippen LogP contribution in [0, 0.1) is 39.4 Å². The number of rotatable bonds is 5. The molecular formula is C35H44N22O9. The van der Waals surface area contributed by atoms with Gasteiger partial charge >= 0.3 is 70.6 Å². The Morgan fingerprint density at radius 3 is 1.14 bits per heavy atom. The summed E-state index contributed by atoms with van der Waals surface area (Å²) in [6.07, 6.45) is 0. The zero-order valence-electron chi connectivity index (χ0n) is 37.8. The monoisotopic (exact) mass is 916 g/mol. The zero-order chi connectivity index (χ0) is 53.2. The Bertz CT molecular complexity index is 2320. The number of hydrogen-bond donors (Lipinski definition) is 1. The van der Waals surface area contributed by atoms with Gasteiger partial charge in [-0.1, -0.05) is 0 Å². The molecule has 66 heavy (non-hydrogen) atoms. The van der Waals surface area contributed by atoms with E-state index in [9.17, 15) is 28.8 Å². The molecule has 0 saturated heterocycles. The molecule has 4 amide bonds. The SMILES string of the molecule is [C-]#[N+]C(=[N+]=[N-])C(=O)N(C)C.[C-]#[N+]C(=[N+]=[N-])C(=O)N(C)OC.[C-]#[N+]C(=[N+]=[N-])C(=O)N(CC)CC.[C-]#[N+]C(=[N+]=[N-])C(=O)NC(C)C.[C-]#[N+]C(=[N+]=[N-])C(=O)OC(C)(C)C.[C-]#[N+]C(=[N+]=[N-])C(=O)OCC. The van der Waals surface area contributed by atoms with E-state index in [4.69, 9.17) is 77.4 Å². The van der Waals surface area contributed by atoms with Crippen molar-refractivity contribution < 1.29 is 71.8 Å². The zero-order valence-corrected chi connectivity index (χ0v) is 37.8. The van der Waals surface area contributed by atoms with Gasteiger partial charge in [-0.25, -0.2) is 5.06 Å². The third kappa shape index (κ3) is 32.8. The Hall–Kier alpha value is -10.00. The topological polar surface area (TPSA) is 396 Å². The number of nitrogens with one attached hydrogen (secondary N) is 1. The average Bonchev–Trinajstić information content (AvgIpc) is 3.26. The van der Waals surface area contributed by atoms with Crippen molar-refractivity contribution in [3.05, 3.63) is 102 Å². The fourth-order valence-electron chi connectivity index (χ4n) is 2.60. The molecule has 31 nitrogen and oxygen atoms in total. The highest BCUT2D eigenvalue weighted by atomic mass is 16.7. The largest absolute Gasteiger partial charge is 0.605 e. The van der Waals surface area contributed by atoms with Gasteiger partial charge < -0.3 is 57.8 Å². The van der Waals surface area contributed by atoms with E-state index in [0.717, 1.165) is 9.96 Å². The highest BCUT2D eigenvalue weighted by molar-refractivity contribution is 6.40. The van der Waals surface area contributed by atoms with Crippen molar-refractivity contribution in [3.63, 3.8) is 0 Å². The molecule has 0 aromatic rings. The van der Waals surface area contributed by atoms with Crippen LogP contribution in [0.15, 0.2) is 0 Å². The van der Waals surface area contributed by atoms with Crippen molar-refractivity contribution in [1.29, 1.82) is 0 Å². The van der Waals surface area contributed by atoms with Crippen molar-refractivity contribution in [1.82, 2.24) is 20.2 Å². The molecule has 0 rings (SSSR count). The molecule has 31 heteroatoms. The maximum absolute atomic E-state index is 11.2. The van der Waals surface area contributed by atoms with Gasteiger partial charge in [-0.2, -0.15) is 28.7 Å². The number of amidine groups is 6. The number of carbonyl (C=O) groups excluding carboxylic acids is 6. The first-order valence-corrected chi connectivity index (χ1v) is 17.4. The van der Waals surface area contributed by atoms with E-state index in [0.29, 0.717) is 13.1 Å². The summed E-state index contributed by atoms with van der Waals surface area (Å²) in [4.78, 5) is 103. The second-order valence-corrected chi connectivity index (χ2v) is 11.7. The summed E-state index contributed by atoms with van der Waals surface area (Å²) < 4.78 is 9.08. The number of carbonyl (C=O) groups is 6. The maximum atomic E-state index is 11.2. The summed E-state index contributed by atoms with van der Waals surface area (Å²) in [7, 11) is 5.51. The molecule has 1 N–H and O–H groups in total. The van der Waals surface area contributed by atoms with Gasteiger partial charge in [0.2, 0.25) is 0 Å². The van der Waals surface area contributed by atoms with Gasteiger partial charge in [0.1, 0.15) is 45.0 Å². The third-order valence-electron chi connectivity index (χ3n) is 5.46. The molecule has 0 aliphatic heterocycles. The van der Waals surface area contributed by atoms with Crippen LogP contribution in [-0.2, 0) is 43.1 Å². The second kappa shape index (κ2) is 40.4. The highest BCUT2D eigenvalue weighted by Crippen LogP contribution is 2.07. The Labute approximate surface area is 378 Å². The van der Waals surface area contributed by atoms with Gasteiger partial charge in [-0.3, -0.25) is 33.6 Å². The van der Waals surface area contributed by atoms with Crippen LogP contribution in [0.5, 0.6) is 0 Å². The third-order valence-corrected chi connectivity index (χ3v) is 5.46. The molecule has 0 atom stereocenters. The molecule has 0 heterocycles. The van der Waals surface area contributed by atoms with Crippen LogP contribution in [0.25, 0.3) is 62.3 Å². The van der Waals surface area contributed by atoms with Crippen molar-refractivity contribution in [2.24, 2.45) is 0 Å². The minimum absolute atomic E-state index is 0.0685. The number of hydrogen-bond acceptors (Lipinski definition) is 9. The van der Waals surface area contributed by atoms with Crippen LogP contribution in [0.1, 0.15) is 55.4 Å². The summed E-state index contributed by atoms with van der Waals surface area (Å²) >= 11 is 0. The molecular weight excluding hydrogens is 873 g/mol. The van der Waals surface area contributed by atoms with Gasteiger partial charge in [0, 0.05) is 40.3 Å². The van der Waals surface area contributed by atoms with E-state index >= 15 is 0 Å². The van der Waals surface area contributed by atoms with Gasteiger partial charge in [0.15, 0.2) is 0 Å². The molecule has 0 aliphatic carbocycles. The molecule has 0 fully saturated rings. The lowest BCUT2D eigenvalue weighted by Gasteiger charge is -2.16. The Morgan fingerprint density at radius 2 is 0.894 bits per heavy atom. The van der Waals surface area contributed by atoms with Crippen molar-refractivity contribution in [2.75, 3.05) is 47.9 Å². The molecule has 348 valence electrons. The van der Waals surface area contributed by atoms with Crippen molar-refractivity contribution >= 4 is 70.6 Å².